The quantitative estimate of drug-likeness (QED) is 0.475. The second-order valence-electron chi connectivity index (χ2n) is 0. The Morgan fingerprint density at radius 1 is 1.00 bits per heavy atom. The van der Waals surface area contributed by atoms with Crippen molar-refractivity contribution in [3.63, 3.8) is 0 Å². The Bertz CT molecular complexity index is 11.6. The summed E-state index contributed by atoms with van der Waals surface area (Å²) in [4.78, 5) is 0. The van der Waals surface area contributed by atoms with Crippen LogP contribution in [0.5, 0.6) is 0 Å². The zero-order valence-corrected chi connectivity index (χ0v) is 11.7. The number of rotatable bonds is 0. The Morgan fingerprint density at radius 3 is 1.00 bits per heavy atom. The van der Waals surface area contributed by atoms with Gasteiger partial charge in [-0.3, -0.25) is 0 Å². The average molecular weight is 220 g/mol. The Hall–Kier alpha value is 3.52. The van der Waals surface area contributed by atoms with Gasteiger partial charge in [-0.1, -0.05) is 0 Å². The van der Waals surface area contributed by atoms with Crippen molar-refractivity contribution in [1.82, 2.24) is 0 Å². The van der Waals surface area contributed by atoms with Crippen LogP contribution in [-0.4, -0.2) is 60.8 Å². The van der Waals surface area contributed by atoms with Crippen LogP contribution in [-0.2, 0) is 36.5 Å². The second-order valence-corrected chi connectivity index (χ2v) is 0. The van der Waals surface area contributed by atoms with Crippen molar-refractivity contribution in [2.24, 2.45) is 0 Å². The third kappa shape index (κ3) is 18.5. The molecule has 0 aliphatic carbocycles. The molecule has 0 aromatic heterocycles. The van der Waals surface area contributed by atoms with Crippen LogP contribution >= 0.6 is 13.5 Å². The molecule has 0 saturated heterocycles. The Labute approximate surface area is 108 Å². The molecule has 5 heteroatoms. The van der Waals surface area contributed by atoms with Crippen LogP contribution in [0.4, 0.5) is 0 Å². The van der Waals surface area contributed by atoms with Crippen LogP contribution in [0, 0.1) is 0 Å². The largest absolute Gasteiger partial charge is 0.197 e. The maximum atomic E-state index is 0. The van der Waals surface area contributed by atoms with E-state index in [0.29, 0.717) is 0 Å². The summed E-state index contributed by atoms with van der Waals surface area (Å²) in [7, 11) is 0. The van der Waals surface area contributed by atoms with Gasteiger partial charge >= 0.3 is 0 Å². The van der Waals surface area contributed by atoms with Gasteiger partial charge in [0.2, 0.25) is 0 Å². The van der Waals surface area contributed by atoms with E-state index in [9.17, 15) is 0 Å². The second kappa shape index (κ2) is 25.8. The summed E-state index contributed by atoms with van der Waals surface area (Å²) in [6.07, 6.45) is 0. The van der Waals surface area contributed by atoms with Crippen LogP contribution in [0.25, 0.3) is 0 Å². The molecule has 22 valence electrons. The summed E-state index contributed by atoms with van der Waals surface area (Å²) in [5.41, 5.74) is 0. The van der Waals surface area contributed by atoms with E-state index in [1.165, 1.54) is 0 Å². The van der Waals surface area contributed by atoms with Gasteiger partial charge in [0, 0.05) is 97.3 Å². The van der Waals surface area contributed by atoms with Crippen molar-refractivity contribution in [1.29, 1.82) is 0 Å². The fourth-order valence-electron chi connectivity index (χ4n) is 0. The molecule has 5 heavy (non-hydrogen) atoms. The standard InChI is InChI=1S/Ca.Fe.Mg.H2S.Zn/h;;;1H2;. The Morgan fingerprint density at radius 2 is 1.00 bits per heavy atom. The van der Waals surface area contributed by atoms with Gasteiger partial charge in [0.15, 0.2) is 0 Å². The topological polar surface area (TPSA) is 0 Å². The number of hydrogen-bond acceptors (Lipinski definition) is 0. The summed E-state index contributed by atoms with van der Waals surface area (Å²) in [5, 5.41) is 0. The van der Waals surface area contributed by atoms with Crippen molar-refractivity contribution >= 4 is 74.3 Å². The Kier molecular flexibility index (Phi) is 201. The van der Waals surface area contributed by atoms with E-state index in [1.54, 1.807) is 0 Å². The molecule has 0 aliphatic rings. The molecular weight excluding hydrogens is 218 g/mol. The van der Waals surface area contributed by atoms with E-state index in [0.717, 1.165) is 0 Å². The molecule has 0 aromatic rings. The SMILES string of the molecule is S.[Ca].[Fe].[Mg].[Zn]. The van der Waals surface area contributed by atoms with E-state index in [-0.39, 0.29) is 111 Å². The minimum atomic E-state index is 0. The van der Waals surface area contributed by atoms with Crippen molar-refractivity contribution in [2.45, 2.75) is 0 Å². The smallest absolute Gasteiger partial charge is 0 e. The van der Waals surface area contributed by atoms with Crippen molar-refractivity contribution < 1.29 is 36.5 Å². The van der Waals surface area contributed by atoms with Gasteiger partial charge < -0.3 is 0 Å². The van der Waals surface area contributed by atoms with Crippen LogP contribution in [0.3, 0.4) is 0 Å². The fraction of sp³-hybridized carbons (Fsp3) is 0. The molecule has 0 bridgehead atoms. The monoisotopic (exact) mass is 218 g/mol. The zero-order valence-electron chi connectivity index (χ0n) is 2.97. The van der Waals surface area contributed by atoms with Crippen molar-refractivity contribution in [2.75, 3.05) is 0 Å². The predicted octanol–water partition coefficient (Wildman–Crippen LogP) is -0.654. The normalized spacial score (nSPS) is 0. The molecular formula is H2CaFeMgSZn. The summed E-state index contributed by atoms with van der Waals surface area (Å²) in [6, 6.07) is 0. The fourth-order valence-corrected chi connectivity index (χ4v) is 0. The molecule has 0 spiro atoms. The molecule has 0 heterocycles. The van der Waals surface area contributed by atoms with E-state index in [4.69, 9.17) is 0 Å². The van der Waals surface area contributed by atoms with E-state index in [2.05, 4.69) is 0 Å². The van der Waals surface area contributed by atoms with E-state index in [1.807, 2.05) is 0 Å². The molecule has 0 N–H and O–H groups in total. The van der Waals surface area contributed by atoms with Gasteiger partial charge in [0.05, 0.1) is 0 Å². The molecule has 0 aromatic carbocycles. The third-order valence-corrected chi connectivity index (χ3v) is 0. The maximum absolute atomic E-state index is 0. The van der Waals surface area contributed by atoms with Crippen molar-refractivity contribution in [3.05, 3.63) is 0 Å². The first-order valence-electron chi connectivity index (χ1n) is 0. The summed E-state index contributed by atoms with van der Waals surface area (Å²) >= 11 is 0. The molecule has 0 atom stereocenters. The maximum Gasteiger partial charge on any atom is 0 e. The first kappa shape index (κ1) is 38.9. The first-order chi connectivity index (χ1) is 0. The predicted molar refractivity (Wildman–Crippen MR) is 21.9 cm³/mol. The number of hydrogen-bond donors (Lipinski definition) is 0. The molecule has 4 radical (unpaired) electrons. The first-order valence-corrected chi connectivity index (χ1v) is 0. The van der Waals surface area contributed by atoms with Gasteiger partial charge in [-0.25, -0.2) is 0 Å². The van der Waals surface area contributed by atoms with E-state index >= 15 is 0 Å². The van der Waals surface area contributed by atoms with Gasteiger partial charge in [-0.15, -0.1) is 0 Å². The van der Waals surface area contributed by atoms with Crippen LogP contribution in [0.15, 0.2) is 0 Å². The summed E-state index contributed by atoms with van der Waals surface area (Å²) < 4.78 is 0. The average Bonchev–Trinajstić information content (AvgIpc) is 0. The van der Waals surface area contributed by atoms with Crippen LogP contribution in [0.1, 0.15) is 0 Å². The zero-order chi connectivity index (χ0) is 0. The van der Waals surface area contributed by atoms with Crippen molar-refractivity contribution in [3.8, 4) is 0 Å². The van der Waals surface area contributed by atoms with Crippen LogP contribution in [0.2, 0.25) is 0 Å². The Balaban J connectivity index is 0. The van der Waals surface area contributed by atoms with Gasteiger partial charge in [-0.05, 0) is 0 Å². The molecule has 0 fully saturated rings. The van der Waals surface area contributed by atoms with E-state index < -0.39 is 0 Å². The van der Waals surface area contributed by atoms with Gasteiger partial charge in [0.25, 0.3) is 0 Å². The minimum absolute atomic E-state index is 0. The molecule has 0 nitrogen and oxygen atoms in total. The summed E-state index contributed by atoms with van der Waals surface area (Å²) in [5.74, 6) is 0. The third-order valence-electron chi connectivity index (χ3n) is 0. The molecule has 0 aliphatic heterocycles. The van der Waals surface area contributed by atoms with Gasteiger partial charge in [-0.2, -0.15) is 13.5 Å². The molecule has 0 saturated carbocycles. The summed E-state index contributed by atoms with van der Waals surface area (Å²) in [6.45, 7) is 0. The minimum Gasteiger partial charge on any atom is -0.197 e. The molecule has 0 unspecified atom stereocenters. The van der Waals surface area contributed by atoms with Crippen LogP contribution < -0.4 is 0 Å². The van der Waals surface area contributed by atoms with Gasteiger partial charge in [0.1, 0.15) is 0 Å². The molecule has 0 amide bonds. The molecule has 0 rings (SSSR count).